The summed E-state index contributed by atoms with van der Waals surface area (Å²) in [6.45, 7) is 4.33. The van der Waals surface area contributed by atoms with Crippen LogP contribution in [0.4, 0.5) is 0 Å². The molecule has 1 aromatic carbocycles. The Kier molecular flexibility index (Phi) is 6.12. The van der Waals surface area contributed by atoms with Crippen molar-refractivity contribution in [3.8, 4) is 5.75 Å². The molecule has 0 aromatic heterocycles. The van der Waals surface area contributed by atoms with Crippen LogP contribution in [0.25, 0.3) is 0 Å². The minimum atomic E-state index is 0.264. The molecule has 0 atom stereocenters. The lowest BCUT2D eigenvalue weighted by atomic mass is 10.1. The molecule has 0 unspecified atom stereocenters. The minimum absolute atomic E-state index is 0.264. The lowest BCUT2D eigenvalue weighted by Gasteiger charge is -2.08. The van der Waals surface area contributed by atoms with Gasteiger partial charge in [-0.05, 0) is 17.7 Å². The van der Waals surface area contributed by atoms with Crippen LogP contribution in [0.5, 0.6) is 5.75 Å². The van der Waals surface area contributed by atoms with Crippen molar-refractivity contribution in [1.29, 1.82) is 0 Å². The molecule has 0 saturated carbocycles. The van der Waals surface area contributed by atoms with E-state index < -0.39 is 0 Å². The first kappa shape index (κ1) is 14.1. The van der Waals surface area contributed by atoms with Gasteiger partial charge in [-0.15, -0.1) is 0 Å². The molecule has 3 heteroatoms. The Labute approximate surface area is 108 Å². The Bertz CT molecular complexity index is 361. The molecular weight excluding hydrogens is 232 g/mol. The second kappa shape index (κ2) is 7.38. The van der Waals surface area contributed by atoms with E-state index in [1.807, 2.05) is 24.3 Å². The number of rotatable bonds is 7. The van der Waals surface area contributed by atoms with Gasteiger partial charge in [0.25, 0.3) is 0 Å². The fourth-order valence-electron chi connectivity index (χ4n) is 1.52. The van der Waals surface area contributed by atoms with Gasteiger partial charge in [0.1, 0.15) is 11.5 Å². The van der Waals surface area contributed by atoms with Crippen LogP contribution >= 0.6 is 11.8 Å². The first-order valence-corrected chi connectivity index (χ1v) is 7.00. The normalized spacial score (nSPS) is 10.6. The number of para-hydroxylation sites is 1. The molecule has 0 radical (unpaired) electrons. The molecule has 0 bridgehead atoms. The highest BCUT2D eigenvalue weighted by Gasteiger charge is 2.08. The van der Waals surface area contributed by atoms with Gasteiger partial charge in [0.05, 0.1) is 12.9 Å². The number of ether oxygens (including phenoxy) is 1. The van der Waals surface area contributed by atoms with E-state index in [0.717, 1.165) is 17.1 Å². The Balaban J connectivity index is 2.45. The number of carbonyl (C=O) groups is 1. The van der Waals surface area contributed by atoms with Gasteiger partial charge >= 0.3 is 0 Å². The molecule has 0 N–H and O–H groups in total. The third-order valence-electron chi connectivity index (χ3n) is 2.29. The fraction of sp³-hybridized carbons (Fsp3) is 0.500. The Hall–Kier alpha value is -0.960. The van der Waals surface area contributed by atoms with Gasteiger partial charge in [0.2, 0.25) is 0 Å². The number of thioether (sulfide) groups is 1. The zero-order chi connectivity index (χ0) is 12.7. The van der Waals surface area contributed by atoms with Crippen LogP contribution in [-0.2, 0) is 11.2 Å². The number of ketones is 1. The average molecular weight is 252 g/mol. The van der Waals surface area contributed by atoms with E-state index in [9.17, 15) is 4.79 Å². The summed E-state index contributed by atoms with van der Waals surface area (Å²) in [6, 6.07) is 7.69. The van der Waals surface area contributed by atoms with Crippen molar-refractivity contribution in [2.75, 3.05) is 18.6 Å². The molecule has 1 rings (SSSR count). The maximum absolute atomic E-state index is 11.8. The van der Waals surface area contributed by atoms with Crippen LogP contribution in [0.2, 0.25) is 0 Å². The molecule has 2 nitrogen and oxygen atoms in total. The first-order chi connectivity index (χ1) is 8.13. The van der Waals surface area contributed by atoms with Crippen LogP contribution in [0.1, 0.15) is 19.4 Å². The van der Waals surface area contributed by atoms with Crippen LogP contribution in [-0.4, -0.2) is 24.4 Å². The van der Waals surface area contributed by atoms with Gasteiger partial charge in [-0.25, -0.2) is 0 Å². The number of hydrogen-bond acceptors (Lipinski definition) is 3. The van der Waals surface area contributed by atoms with E-state index >= 15 is 0 Å². The summed E-state index contributed by atoms with van der Waals surface area (Å²) < 4.78 is 5.23. The highest BCUT2D eigenvalue weighted by Crippen LogP contribution is 2.18. The van der Waals surface area contributed by atoms with Gasteiger partial charge in [0, 0.05) is 12.0 Å². The summed E-state index contributed by atoms with van der Waals surface area (Å²) in [5.74, 6) is 3.34. The molecule has 0 amide bonds. The van der Waals surface area contributed by atoms with Crippen molar-refractivity contribution in [1.82, 2.24) is 0 Å². The number of methoxy groups -OCH3 is 1. The summed E-state index contributed by atoms with van der Waals surface area (Å²) >= 11 is 1.71. The van der Waals surface area contributed by atoms with E-state index in [1.165, 1.54) is 0 Å². The Morgan fingerprint density at radius 1 is 1.35 bits per heavy atom. The first-order valence-electron chi connectivity index (χ1n) is 5.84. The highest BCUT2D eigenvalue weighted by atomic mass is 32.2. The largest absolute Gasteiger partial charge is 0.496 e. The number of benzene rings is 1. The maximum Gasteiger partial charge on any atom is 0.147 e. The van der Waals surface area contributed by atoms with Crippen molar-refractivity contribution >= 4 is 17.5 Å². The molecule has 0 aliphatic heterocycles. The quantitative estimate of drug-likeness (QED) is 0.745. The van der Waals surface area contributed by atoms with Crippen molar-refractivity contribution in [2.24, 2.45) is 5.92 Å². The predicted molar refractivity (Wildman–Crippen MR) is 73.9 cm³/mol. The highest BCUT2D eigenvalue weighted by molar-refractivity contribution is 7.99. The van der Waals surface area contributed by atoms with E-state index in [0.29, 0.717) is 18.1 Å². The summed E-state index contributed by atoms with van der Waals surface area (Å²) in [7, 11) is 1.64. The van der Waals surface area contributed by atoms with Crippen LogP contribution in [0.15, 0.2) is 24.3 Å². The Morgan fingerprint density at radius 2 is 2.06 bits per heavy atom. The Morgan fingerprint density at radius 3 is 2.71 bits per heavy atom. The molecular formula is C14H20O2S. The zero-order valence-corrected chi connectivity index (χ0v) is 11.5. The van der Waals surface area contributed by atoms with Gasteiger partial charge in [0.15, 0.2) is 0 Å². The topological polar surface area (TPSA) is 26.3 Å². The number of carbonyl (C=O) groups excluding carboxylic acids is 1. The molecule has 0 heterocycles. The standard InChI is InChI=1S/C14H20O2S/c1-11(2)9-17-10-13(15)8-12-6-4-5-7-14(12)16-3/h4-7,11H,8-10H2,1-3H3. The third kappa shape index (κ3) is 5.26. The van der Waals surface area contributed by atoms with E-state index in [1.54, 1.807) is 18.9 Å². The second-order valence-electron chi connectivity index (χ2n) is 4.44. The molecule has 0 saturated heterocycles. The average Bonchev–Trinajstić information content (AvgIpc) is 2.29. The van der Waals surface area contributed by atoms with Gasteiger partial charge in [-0.1, -0.05) is 32.0 Å². The fourth-order valence-corrected chi connectivity index (χ4v) is 2.44. The number of hydrogen-bond donors (Lipinski definition) is 0. The van der Waals surface area contributed by atoms with Crippen LogP contribution in [0, 0.1) is 5.92 Å². The monoisotopic (exact) mass is 252 g/mol. The van der Waals surface area contributed by atoms with Crippen molar-refractivity contribution < 1.29 is 9.53 Å². The molecule has 0 aliphatic carbocycles. The van der Waals surface area contributed by atoms with E-state index in [-0.39, 0.29) is 5.78 Å². The maximum atomic E-state index is 11.8. The lowest BCUT2D eigenvalue weighted by Crippen LogP contribution is -2.08. The van der Waals surface area contributed by atoms with Crippen molar-refractivity contribution in [3.05, 3.63) is 29.8 Å². The molecule has 17 heavy (non-hydrogen) atoms. The zero-order valence-electron chi connectivity index (χ0n) is 10.7. The molecule has 0 spiro atoms. The smallest absolute Gasteiger partial charge is 0.147 e. The second-order valence-corrected chi connectivity index (χ2v) is 5.47. The summed E-state index contributed by atoms with van der Waals surface area (Å²) in [6.07, 6.45) is 0.467. The van der Waals surface area contributed by atoms with Gasteiger partial charge in [-0.2, -0.15) is 11.8 Å². The van der Waals surface area contributed by atoms with E-state index in [2.05, 4.69) is 13.8 Å². The molecule has 0 fully saturated rings. The van der Waals surface area contributed by atoms with Gasteiger partial charge in [-0.3, -0.25) is 4.79 Å². The van der Waals surface area contributed by atoms with Crippen molar-refractivity contribution in [3.63, 3.8) is 0 Å². The summed E-state index contributed by atoms with van der Waals surface area (Å²) in [5.41, 5.74) is 0.977. The predicted octanol–water partition coefficient (Wildman–Crippen LogP) is 3.20. The molecule has 94 valence electrons. The number of Topliss-reactive ketones (excluding diaryl/α,β-unsaturated/α-hetero) is 1. The third-order valence-corrected chi connectivity index (χ3v) is 3.72. The molecule has 1 aromatic rings. The van der Waals surface area contributed by atoms with E-state index in [4.69, 9.17) is 4.74 Å². The summed E-state index contributed by atoms with van der Waals surface area (Å²) in [4.78, 5) is 11.8. The SMILES string of the molecule is COc1ccccc1CC(=O)CSCC(C)C. The van der Waals surface area contributed by atoms with Crippen molar-refractivity contribution in [2.45, 2.75) is 20.3 Å². The molecule has 0 aliphatic rings. The van der Waals surface area contributed by atoms with Crippen LogP contribution in [0.3, 0.4) is 0 Å². The lowest BCUT2D eigenvalue weighted by molar-refractivity contribution is -0.116. The van der Waals surface area contributed by atoms with Crippen LogP contribution < -0.4 is 4.74 Å². The summed E-state index contributed by atoms with van der Waals surface area (Å²) in [5, 5.41) is 0. The van der Waals surface area contributed by atoms with Gasteiger partial charge < -0.3 is 4.74 Å². The minimum Gasteiger partial charge on any atom is -0.496 e.